The van der Waals surface area contributed by atoms with Gasteiger partial charge in [-0.05, 0) is 24.6 Å². The van der Waals surface area contributed by atoms with Crippen molar-refractivity contribution in [1.29, 1.82) is 0 Å². The predicted octanol–water partition coefficient (Wildman–Crippen LogP) is 1.36. The van der Waals surface area contributed by atoms with Crippen LogP contribution in [0.1, 0.15) is 15.9 Å². The molecule has 2 aromatic rings. The summed E-state index contributed by atoms with van der Waals surface area (Å²) >= 11 is 0. The number of benzene rings is 1. The van der Waals surface area contributed by atoms with E-state index >= 15 is 0 Å². The van der Waals surface area contributed by atoms with E-state index in [1.54, 1.807) is 0 Å². The van der Waals surface area contributed by atoms with Gasteiger partial charge in [-0.25, -0.2) is 17.6 Å². The van der Waals surface area contributed by atoms with Crippen LogP contribution in [-0.2, 0) is 10.0 Å². The Bertz CT molecular complexity index is 756. The van der Waals surface area contributed by atoms with E-state index in [1.165, 1.54) is 19.3 Å². The Morgan fingerprint density at radius 2 is 2.15 bits per heavy atom. The zero-order valence-corrected chi connectivity index (χ0v) is 11.0. The number of carboxylic acid groups (broad SMARTS) is 1. The standard InChI is InChI=1S/C11H10FN3O4S/c1-6-2-8(3-9(10(6)12)11(16)17)20(18,19)15-7-4-13-14-5-7/h2-5,15H,1H3,(H,13,14)(H,16,17). The second-order valence-electron chi connectivity index (χ2n) is 4.00. The van der Waals surface area contributed by atoms with E-state index in [-0.39, 0.29) is 16.1 Å². The number of carboxylic acids is 1. The molecule has 0 aliphatic rings. The first kappa shape index (κ1) is 14.0. The lowest BCUT2D eigenvalue weighted by atomic mass is 10.1. The summed E-state index contributed by atoms with van der Waals surface area (Å²) in [4.78, 5) is 10.6. The normalized spacial score (nSPS) is 11.3. The summed E-state index contributed by atoms with van der Waals surface area (Å²) in [5.41, 5.74) is -0.584. The number of hydrogen-bond donors (Lipinski definition) is 3. The number of sulfonamides is 1. The van der Waals surface area contributed by atoms with Crippen LogP contribution in [0.25, 0.3) is 0 Å². The van der Waals surface area contributed by atoms with Gasteiger partial charge in [-0.2, -0.15) is 5.10 Å². The maximum atomic E-state index is 13.6. The molecule has 7 nitrogen and oxygen atoms in total. The van der Waals surface area contributed by atoms with Crippen molar-refractivity contribution in [2.24, 2.45) is 0 Å². The average molecular weight is 299 g/mol. The summed E-state index contributed by atoms with van der Waals surface area (Å²) in [7, 11) is -4.02. The number of anilines is 1. The molecule has 0 bridgehead atoms. The van der Waals surface area contributed by atoms with Gasteiger partial charge in [0, 0.05) is 6.20 Å². The fourth-order valence-electron chi connectivity index (χ4n) is 1.57. The zero-order chi connectivity index (χ0) is 14.9. The molecule has 20 heavy (non-hydrogen) atoms. The Morgan fingerprint density at radius 3 is 2.70 bits per heavy atom. The highest BCUT2D eigenvalue weighted by atomic mass is 32.2. The van der Waals surface area contributed by atoms with Crippen LogP contribution in [0.5, 0.6) is 0 Å². The molecule has 1 heterocycles. The summed E-state index contributed by atoms with van der Waals surface area (Å²) in [6.45, 7) is 1.29. The van der Waals surface area contributed by atoms with Crippen LogP contribution >= 0.6 is 0 Å². The Labute approximate surface area is 113 Å². The van der Waals surface area contributed by atoms with Crippen molar-refractivity contribution in [3.05, 3.63) is 41.5 Å². The number of H-pyrrole nitrogens is 1. The van der Waals surface area contributed by atoms with Crippen LogP contribution in [0.3, 0.4) is 0 Å². The molecule has 1 aromatic heterocycles. The molecular weight excluding hydrogens is 289 g/mol. The van der Waals surface area contributed by atoms with Crippen molar-refractivity contribution in [2.75, 3.05) is 4.72 Å². The van der Waals surface area contributed by atoms with E-state index < -0.39 is 27.4 Å². The first-order valence-corrected chi connectivity index (χ1v) is 6.84. The molecule has 0 fully saturated rings. The monoisotopic (exact) mass is 299 g/mol. The van der Waals surface area contributed by atoms with Gasteiger partial charge in [-0.1, -0.05) is 0 Å². The summed E-state index contributed by atoms with van der Waals surface area (Å²) in [5.74, 6) is -2.49. The van der Waals surface area contributed by atoms with E-state index in [2.05, 4.69) is 14.9 Å². The lowest BCUT2D eigenvalue weighted by molar-refractivity contribution is 0.0691. The molecule has 0 atom stereocenters. The average Bonchev–Trinajstić information content (AvgIpc) is 2.83. The van der Waals surface area contributed by atoms with Crippen LogP contribution in [0.2, 0.25) is 0 Å². The van der Waals surface area contributed by atoms with Crippen LogP contribution in [0.4, 0.5) is 10.1 Å². The molecule has 0 aliphatic heterocycles. The number of aromatic carboxylic acids is 1. The van der Waals surface area contributed by atoms with Gasteiger partial charge in [0.15, 0.2) is 0 Å². The minimum Gasteiger partial charge on any atom is -0.478 e. The van der Waals surface area contributed by atoms with Crippen molar-refractivity contribution < 1.29 is 22.7 Å². The summed E-state index contributed by atoms with van der Waals surface area (Å²) in [6.07, 6.45) is 2.55. The third-order valence-corrected chi connectivity index (χ3v) is 3.88. The number of nitrogens with one attached hydrogen (secondary N) is 2. The van der Waals surface area contributed by atoms with Crippen molar-refractivity contribution >= 4 is 21.7 Å². The van der Waals surface area contributed by atoms with E-state index in [0.717, 1.165) is 12.1 Å². The number of rotatable bonds is 4. The first-order valence-electron chi connectivity index (χ1n) is 5.36. The van der Waals surface area contributed by atoms with E-state index in [9.17, 15) is 17.6 Å². The number of halogens is 1. The Balaban J connectivity index is 2.49. The van der Waals surface area contributed by atoms with Gasteiger partial charge in [0.1, 0.15) is 5.82 Å². The summed E-state index contributed by atoms with van der Waals surface area (Å²) in [6, 6.07) is 1.83. The largest absolute Gasteiger partial charge is 0.478 e. The highest BCUT2D eigenvalue weighted by Gasteiger charge is 2.21. The van der Waals surface area contributed by atoms with Crippen molar-refractivity contribution in [3.8, 4) is 0 Å². The highest BCUT2D eigenvalue weighted by molar-refractivity contribution is 7.92. The number of carbonyl (C=O) groups is 1. The highest BCUT2D eigenvalue weighted by Crippen LogP contribution is 2.21. The number of aromatic nitrogens is 2. The second kappa shape index (κ2) is 4.93. The number of nitrogens with zero attached hydrogens (tertiary/aromatic N) is 1. The van der Waals surface area contributed by atoms with Gasteiger partial charge in [-0.3, -0.25) is 9.82 Å². The van der Waals surface area contributed by atoms with E-state index in [0.29, 0.717) is 0 Å². The molecule has 0 saturated carbocycles. The fourth-order valence-corrected chi connectivity index (χ4v) is 2.71. The number of aromatic amines is 1. The molecule has 0 aliphatic carbocycles. The Hall–Kier alpha value is -2.42. The van der Waals surface area contributed by atoms with Crippen LogP contribution < -0.4 is 4.72 Å². The topological polar surface area (TPSA) is 112 Å². The van der Waals surface area contributed by atoms with Crippen LogP contribution in [-0.4, -0.2) is 29.7 Å². The predicted molar refractivity (Wildman–Crippen MR) is 67.5 cm³/mol. The third kappa shape index (κ3) is 2.62. The SMILES string of the molecule is Cc1cc(S(=O)(=O)Nc2cn[nH]c2)cc(C(=O)O)c1F. The number of hydrogen-bond acceptors (Lipinski definition) is 4. The van der Waals surface area contributed by atoms with Gasteiger partial charge in [-0.15, -0.1) is 0 Å². The molecular formula is C11H10FN3O4S. The van der Waals surface area contributed by atoms with Gasteiger partial charge < -0.3 is 5.11 Å². The van der Waals surface area contributed by atoms with Crippen molar-refractivity contribution in [2.45, 2.75) is 11.8 Å². The van der Waals surface area contributed by atoms with Crippen LogP contribution in [0.15, 0.2) is 29.4 Å². The Kier molecular flexibility index (Phi) is 3.45. The minimum absolute atomic E-state index is 0.0718. The van der Waals surface area contributed by atoms with Gasteiger partial charge >= 0.3 is 5.97 Å². The molecule has 9 heteroatoms. The van der Waals surface area contributed by atoms with Gasteiger partial charge in [0.2, 0.25) is 0 Å². The summed E-state index contributed by atoms with van der Waals surface area (Å²) in [5, 5.41) is 14.9. The van der Waals surface area contributed by atoms with Crippen molar-refractivity contribution in [3.63, 3.8) is 0 Å². The lowest BCUT2D eigenvalue weighted by Crippen LogP contribution is -2.14. The second-order valence-corrected chi connectivity index (χ2v) is 5.68. The third-order valence-electron chi connectivity index (χ3n) is 2.52. The summed E-state index contributed by atoms with van der Waals surface area (Å²) < 4.78 is 39.9. The molecule has 0 spiro atoms. The van der Waals surface area contributed by atoms with Gasteiger partial charge in [0.25, 0.3) is 10.0 Å². The van der Waals surface area contributed by atoms with E-state index in [1.807, 2.05) is 0 Å². The van der Waals surface area contributed by atoms with Gasteiger partial charge in [0.05, 0.1) is 22.3 Å². The molecule has 2 rings (SSSR count). The zero-order valence-electron chi connectivity index (χ0n) is 10.2. The van der Waals surface area contributed by atoms with E-state index in [4.69, 9.17) is 5.11 Å². The van der Waals surface area contributed by atoms with Crippen molar-refractivity contribution in [1.82, 2.24) is 10.2 Å². The quantitative estimate of drug-likeness (QED) is 0.789. The smallest absolute Gasteiger partial charge is 0.338 e. The maximum absolute atomic E-state index is 13.6. The molecule has 0 saturated heterocycles. The molecule has 0 amide bonds. The molecule has 106 valence electrons. The Morgan fingerprint density at radius 1 is 1.45 bits per heavy atom. The molecule has 3 N–H and O–H groups in total. The number of aryl methyl sites for hydroxylation is 1. The van der Waals surface area contributed by atoms with Crippen LogP contribution in [0, 0.1) is 12.7 Å². The molecule has 0 radical (unpaired) electrons. The lowest BCUT2D eigenvalue weighted by Gasteiger charge is -2.09. The molecule has 1 aromatic carbocycles. The maximum Gasteiger partial charge on any atom is 0.338 e. The molecule has 0 unspecified atom stereocenters. The minimum atomic E-state index is -4.02. The first-order chi connectivity index (χ1) is 9.31. The fraction of sp³-hybridized carbons (Fsp3) is 0.0909.